The normalized spacial score (nSPS) is 15.0. The molecule has 3 aromatic carbocycles. The van der Waals surface area contributed by atoms with E-state index in [2.05, 4.69) is 0 Å². The highest BCUT2D eigenvalue weighted by Crippen LogP contribution is 2.36. The van der Waals surface area contributed by atoms with Gasteiger partial charge in [-0.3, -0.25) is 9.36 Å². The molecule has 6 rings (SSSR count). The van der Waals surface area contributed by atoms with Crippen LogP contribution in [0.15, 0.2) is 111 Å². The van der Waals surface area contributed by atoms with Gasteiger partial charge in [0.25, 0.3) is 5.56 Å². The number of halogens is 2. The summed E-state index contributed by atoms with van der Waals surface area (Å²) >= 11 is 13.8. The van der Waals surface area contributed by atoms with E-state index in [9.17, 15) is 9.59 Å². The van der Waals surface area contributed by atoms with Crippen molar-refractivity contribution in [3.05, 3.63) is 143 Å². The fraction of sp³-hybridized carbons (Fsp3) is 0.0938. The lowest BCUT2D eigenvalue weighted by molar-refractivity contribution is -0.138. The van der Waals surface area contributed by atoms with E-state index in [0.717, 1.165) is 11.1 Å². The number of nitrogens with zero attached hydrogens (tertiary/aromatic N) is 2. The van der Waals surface area contributed by atoms with Gasteiger partial charge in [0.15, 0.2) is 4.80 Å². The van der Waals surface area contributed by atoms with Crippen LogP contribution in [0, 0.1) is 0 Å². The van der Waals surface area contributed by atoms with Crippen LogP contribution in [0.5, 0.6) is 0 Å². The minimum Gasteiger partial charge on any atom is -0.463 e. The van der Waals surface area contributed by atoms with Gasteiger partial charge in [-0.1, -0.05) is 101 Å². The summed E-state index contributed by atoms with van der Waals surface area (Å²) in [6.07, 6.45) is 1.67. The van der Waals surface area contributed by atoms with E-state index in [4.69, 9.17) is 37.3 Å². The monoisotopic (exact) mass is 600 g/mol. The van der Waals surface area contributed by atoms with Crippen LogP contribution >= 0.6 is 34.5 Å². The molecule has 204 valence electrons. The number of esters is 1. The van der Waals surface area contributed by atoms with Gasteiger partial charge in [0.2, 0.25) is 0 Å². The molecule has 0 fully saturated rings. The van der Waals surface area contributed by atoms with Crippen LogP contribution in [0.2, 0.25) is 10.0 Å². The van der Waals surface area contributed by atoms with E-state index in [0.29, 0.717) is 47.7 Å². The molecule has 41 heavy (non-hydrogen) atoms. The van der Waals surface area contributed by atoms with Crippen molar-refractivity contribution in [2.75, 3.05) is 6.61 Å². The van der Waals surface area contributed by atoms with Gasteiger partial charge in [0.05, 0.1) is 38.5 Å². The lowest BCUT2D eigenvalue weighted by Crippen LogP contribution is -2.39. The van der Waals surface area contributed by atoms with Gasteiger partial charge in [-0.2, -0.15) is 0 Å². The second-order valence-electron chi connectivity index (χ2n) is 9.15. The van der Waals surface area contributed by atoms with Crippen molar-refractivity contribution >= 4 is 52.3 Å². The Kier molecular flexibility index (Phi) is 7.49. The summed E-state index contributed by atoms with van der Waals surface area (Å²) in [5, 5.41) is 0.806. The number of fused-ring (bicyclic) bond motifs is 1. The van der Waals surface area contributed by atoms with Gasteiger partial charge < -0.3 is 9.15 Å². The van der Waals surface area contributed by atoms with Gasteiger partial charge in [-0.25, -0.2) is 9.79 Å². The van der Waals surface area contributed by atoms with E-state index < -0.39 is 12.0 Å². The molecule has 0 amide bonds. The number of aromatic nitrogens is 1. The van der Waals surface area contributed by atoms with E-state index in [1.165, 1.54) is 11.3 Å². The van der Waals surface area contributed by atoms with E-state index in [-0.39, 0.29) is 12.2 Å². The molecule has 9 heteroatoms. The standard InChI is InChI=1S/C32H22Cl2N2O4S/c1-2-39-31(38)26-28(19-10-5-3-6-11-19)35-32-36(29(26)20-12-7-4-8-13-20)30(37)25(41-32)18-21-16-17-24(40-21)22-14-9-15-23(33)27(22)34/h3-18,29H,2H2,1H3/b25-18-. The van der Waals surface area contributed by atoms with Crippen molar-refractivity contribution in [3.8, 4) is 11.3 Å². The number of furan rings is 1. The number of ether oxygens (including phenoxy) is 1. The molecule has 1 aliphatic heterocycles. The summed E-state index contributed by atoms with van der Waals surface area (Å²) in [4.78, 5) is 32.8. The van der Waals surface area contributed by atoms with Crippen molar-refractivity contribution in [2.24, 2.45) is 4.99 Å². The first-order valence-corrected chi connectivity index (χ1v) is 14.4. The number of rotatable bonds is 6. The molecule has 6 nitrogen and oxygen atoms in total. The topological polar surface area (TPSA) is 73.8 Å². The Morgan fingerprint density at radius 1 is 1.00 bits per heavy atom. The minimum atomic E-state index is -0.735. The SMILES string of the molecule is CCOC(=O)C1=C(c2ccccc2)N=c2s/c(=C\c3ccc(-c4cccc(Cl)c4Cl)o3)c(=O)n2C1c1ccccc1. The number of hydrogen-bond acceptors (Lipinski definition) is 6. The Hall–Kier alpha value is -4.17. The third kappa shape index (κ3) is 5.08. The van der Waals surface area contributed by atoms with Crippen LogP contribution in [0.4, 0.5) is 0 Å². The molecular formula is C32H22Cl2N2O4S. The first-order valence-electron chi connectivity index (χ1n) is 12.8. The average Bonchev–Trinajstić information content (AvgIpc) is 3.58. The number of hydrogen-bond donors (Lipinski definition) is 0. The fourth-order valence-electron chi connectivity index (χ4n) is 4.79. The maximum absolute atomic E-state index is 14.0. The number of carbonyl (C=O) groups is 1. The van der Waals surface area contributed by atoms with E-state index in [1.54, 1.807) is 41.8 Å². The highest BCUT2D eigenvalue weighted by Gasteiger charge is 2.35. The molecule has 1 atom stereocenters. The predicted molar refractivity (Wildman–Crippen MR) is 162 cm³/mol. The lowest BCUT2D eigenvalue weighted by Gasteiger charge is -2.25. The van der Waals surface area contributed by atoms with Crippen molar-refractivity contribution in [1.82, 2.24) is 4.57 Å². The van der Waals surface area contributed by atoms with Gasteiger partial charge in [-0.15, -0.1) is 0 Å². The fourth-order valence-corrected chi connectivity index (χ4v) is 6.16. The highest BCUT2D eigenvalue weighted by molar-refractivity contribution is 7.07. The number of thiazole rings is 1. The maximum Gasteiger partial charge on any atom is 0.338 e. The Morgan fingerprint density at radius 3 is 2.46 bits per heavy atom. The van der Waals surface area contributed by atoms with Crippen LogP contribution in [0.3, 0.4) is 0 Å². The van der Waals surface area contributed by atoms with Gasteiger partial charge in [-0.05, 0) is 36.8 Å². The molecule has 0 saturated carbocycles. The third-order valence-corrected chi connectivity index (χ3v) is 8.41. The molecule has 0 aliphatic carbocycles. The molecule has 0 N–H and O–H groups in total. The largest absolute Gasteiger partial charge is 0.463 e. The van der Waals surface area contributed by atoms with Crippen LogP contribution in [-0.4, -0.2) is 17.1 Å². The summed E-state index contributed by atoms with van der Waals surface area (Å²) < 4.78 is 13.5. The molecule has 0 radical (unpaired) electrons. The molecular weight excluding hydrogens is 579 g/mol. The first kappa shape index (κ1) is 27.0. The molecule has 3 heterocycles. The molecule has 0 saturated heterocycles. The third-order valence-electron chi connectivity index (χ3n) is 6.61. The lowest BCUT2D eigenvalue weighted by atomic mass is 9.93. The second kappa shape index (κ2) is 11.4. The predicted octanol–water partition coefficient (Wildman–Crippen LogP) is 6.50. The van der Waals surface area contributed by atoms with Gasteiger partial charge in [0, 0.05) is 17.2 Å². The van der Waals surface area contributed by atoms with Crippen molar-refractivity contribution < 1.29 is 13.9 Å². The molecule has 1 unspecified atom stereocenters. The zero-order chi connectivity index (χ0) is 28.5. The van der Waals surface area contributed by atoms with E-state index in [1.807, 2.05) is 66.7 Å². The van der Waals surface area contributed by atoms with Gasteiger partial charge in [0.1, 0.15) is 11.5 Å². The smallest absolute Gasteiger partial charge is 0.338 e. The van der Waals surface area contributed by atoms with Gasteiger partial charge >= 0.3 is 5.97 Å². The molecule has 5 aromatic rings. The number of carbonyl (C=O) groups excluding carboxylic acids is 1. The Bertz CT molecular complexity index is 1980. The average molecular weight is 602 g/mol. The zero-order valence-electron chi connectivity index (χ0n) is 21.7. The van der Waals surface area contributed by atoms with Crippen LogP contribution < -0.4 is 14.9 Å². The summed E-state index contributed by atoms with van der Waals surface area (Å²) in [5.41, 5.74) is 2.65. The second-order valence-corrected chi connectivity index (χ2v) is 10.9. The van der Waals surface area contributed by atoms with Crippen LogP contribution in [0.1, 0.15) is 29.9 Å². The molecule has 0 bridgehead atoms. The highest BCUT2D eigenvalue weighted by atomic mass is 35.5. The summed E-state index contributed by atoms with van der Waals surface area (Å²) in [7, 11) is 0. The maximum atomic E-state index is 14.0. The molecule has 1 aliphatic rings. The minimum absolute atomic E-state index is 0.188. The first-order chi connectivity index (χ1) is 20.0. The van der Waals surface area contributed by atoms with Crippen molar-refractivity contribution in [1.29, 1.82) is 0 Å². The molecule has 2 aromatic heterocycles. The van der Waals surface area contributed by atoms with Crippen LogP contribution in [-0.2, 0) is 9.53 Å². The number of benzene rings is 3. The molecule has 0 spiro atoms. The van der Waals surface area contributed by atoms with Crippen LogP contribution in [0.25, 0.3) is 23.1 Å². The Labute approximate surface area is 249 Å². The summed E-state index contributed by atoms with van der Waals surface area (Å²) in [6.45, 7) is 1.94. The Morgan fingerprint density at radius 2 is 1.73 bits per heavy atom. The summed E-state index contributed by atoms with van der Waals surface area (Å²) in [6, 6.07) is 27.0. The van der Waals surface area contributed by atoms with Crippen molar-refractivity contribution in [3.63, 3.8) is 0 Å². The zero-order valence-corrected chi connectivity index (χ0v) is 24.0. The van der Waals surface area contributed by atoms with Crippen molar-refractivity contribution in [2.45, 2.75) is 13.0 Å². The van der Waals surface area contributed by atoms with E-state index >= 15 is 0 Å². The quantitative estimate of drug-likeness (QED) is 0.208. The Balaban J connectivity index is 1.56. The summed E-state index contributed by atoms with van der Waals surface area (Å²) in [5.74, 6) is 0.465.